The number of morpholine rings is 1. The highest BCUT2D eigenvalue weighted by Gasteiger charge is 2.18. The van der Waals surface area contributed by atoms with Crippen LogP contribution in [0, 0.1) is 0 Å². The largest absolute Gasteiger partial charge is 0.466 e. The van der Waals surface area contributed by atoms with Crippen molar-refractivity contribution in [1.82, 2.24) is 0 Å². The lowest BCUT2D eigenvalue weighted by atomic mass is 10.2. The van der Waals surface area contributed by atoms with E-state index in [2.05, 4.69) is 15.0 Å². The summed E-state index contributed by atoms with van der Waals surface area (Å²) in [6.07, 6.45) is 1.07. The van der Waals surface area contributed by atoms with E-state index in [1.54, 1.807) is 0 Å². The van der Waals surface area contributed by atoms with Crippen molar-refractivity contribution in [1.29, 1.82) is 0 Å². The van der Waals surface area contributed by atoms with E-state index in [0.29, 0.717) is 18.9 Å². The molecule has 0 atom stereocenters. The maximum atomic E-state index is 11.9. The van der Waals surface area contributed by atoms with Gasteiger partial charge in [0.2, 0.25) is 0 Å². The van der Waals surface area contributed by atoms with Crippen molar-refractivity contribution < 1.29 is 23.8 Å². The first kappa shape index (κ1) is 16.8. The fourth-order valence-electron chi connectivity index (χ4n) is 2.24. The summed E-state index contributed by atoms with van der Waals surface area (Å²) in [5.74, 6) is -1.28. The number of ether oxygens (including phenoxy) is 3. The Kier molecular flexibility index (Phi) is 5.99. The molecule has 1 aromatic rings. The minimum Gasteiger partial charge on any atom is -0.466 e. The number of hydrogen-bond acceptors (Lipinski definition) is 7. The Morgan fingerprint density at radius 3 is 2.52 bits per heavy atom. The highest BCUT2D eigenvalue weighted by Crippen LogP contribution is 2.27. The first-order chi connectivity index (χ1) is 11.2. The molecule has 1 N–H and O–H groups in total. The zero-order valence-electron chi connectivity index (χ0n) is 13.2. The van der Waals surface area contributed by atoms with Gasteiger partial charge in [0.15, 0.2) is 0 Å². The number of nitrogens with zero attached hydrogens (tertiary/aromatic N) is 1. The predicted octanol–water partition coefficient (Wildman–Crippen LogP) is 1.16. The van der Waals surface area contributed by atoms with Crippen LogP contribution < -0.4 is 10.2 Å². The van der Waals surface area contributed by atoms with Crippen molar-refractivity contribution in [3.8, 4) is 0 Å². The van der Waals surface area contributed by atoms with Crippen molar-refractivity contribution in [3.63, 3.8) is 0 Å². The molecule has 0 bridgehead atoms. The van der Waals surface area contributed by atoms with Crippen LogP contribution in [-0.2, 0) is 23.8 Å². The third-order valence-corrected chi connectivity index (χ3v) is 3.39. The minimum absolute atomic E-state index is 0.0139. The van der Waals surface area contributed by atoms with Gasteiger partial charge in [0.05, 0.1) is 44.9 Å². The third-order valence-electron chi connectivity index (χ3n) is 3.39. The Labute approximate surface area is 134 Å². The molecule has 1 aromatic carbocycles. The Morgan fingerprint density at radius 2 is 1.87 bits per heavy atom. The van der Waals surface area contributed by atoms with Crippen LogP contribution in [0.5, 0.6) is 0 Å². The second-order valence-electron chi connectivity index (χ2n) is 4.81. The highest BCUT2D eigenvalue weighted by atomic mass is 16.5. The molecule has 0 aromatic heterocycles. The quantitative estimate of drug-likeness (QED) is 0.644. The van der Waals surface area contributed by atoms with E-state index in [1.807, 2.05) is 24.3 Å². The number of esters is 2. The summed E-state index contributed by atoms with van der Waals surface area (Å²) in [5.41, 5.74) is 1.64. The first-order valence-corrected chi connectivity index (χ1v) is 7.22. The molecular formula is C16H20N2O5. The van der Waals surface area contributed by atoms with Gasteiger partial charge in [-0.1, -0.05) is 12.1 Å². The van der Waals surface area contributed by atoms with Gasteiger partial charge >= 0.3 is 11.9 Å². The summed E-state index contributed by atoms with van der Waals surface area (Å²) >= 11 is 0. The number of methoxy groups -OCH3 is 2. The first-order valence-electron chi connectivity index (χ1n) is 7.22. The lowest BCUT2D eigenvalue weighted by molar-refractivity contribution is -0.138. The van der Waals surface area contributed by atoms with Gasteiger partial charge in [-0.15, -0.1) is 0 Å². The van der Waals surface area contributed by atoms with Gasteiger partial charge in [-0.2, -0.15) is 0 Å². The van der Waals surface area contributed by atoms with Crippen molar-refractivity contribution in [2.45, 2.75) is 0 Å². The second-order valence-corrected chi connectivity index (χ2v) is 4.81. The molecule has 0 radical (unpaired) electrons. The monoisotopic (exact) mass is 320 g/mol. The van der Waals surface area contributed by atoms with Crippen LogP contribution in [0.4, 0.5) is 11.4 Å². The van der Waals surface area contributed by atoms with Crippen molar-refractivity contribution in [3.05, 3.63) is 36.0 Å². The van der Waals surface area contributed by atoms with Crippen molar-refractivity contribution >= 4 is 23.3 Å². The molecule has 124 valence electrons. The molecule has 1 aliphatic heterocycles. The molecule has 23 heavy (non-hydrogen) atoms. The second kappa shape index (κ2) is 8.19. The summed E-state index contributed by atoms with van der Waals surface area (Å²) in [5, 5.41) is 2.96. The number of carbonyl (C=O) groups is 2. The normalized spacial score (nSPS) is 15.0. The summed E-state index contributed by atoms with van der Waals surface area (Å²) < 4.78 is 14.6. The van der Waals surface area contributed by atoms with Crippen molar-refractivity contribution in [2.24, 2.45) is 0 Å². The number of hydrogen-bond donors (Lipinski definition) is 1. The molecule has 0 amide bonds. The summed E-state index contributed by atoms with van der Waals surface area (Å²) in [6, 6.07) is 7.54. The Bertz CT molecular complexity index is 594. The van der Waals surface area contributed by atoms with Gasteiger partial charge < -0.3 is 24.4 Å². The maximum absolute atomic E-state index is 11.9. The van der Waals surface area contributed by atoms with Crippen LogP contribution in [0.1, 0.15) is 0 Å². The minimum atomic E-state index is -0.646. The van der Waals surface area contributed by atoms with E-state index in [-0.39, 0.29) is 5.70 Å². The Balaban J connectivity index is 2.27. The number of nitrogens with one attached hydrogen (secondary N) is 1. The molecule has 1 saturated heterocycles. The fraction of sp³-hybridized carbons (Fsp3) is 0.375. The van der Waals surface area contributed by atoms with Gasteiger partial charge in [-0.25, -0.2) is 9.59 Å². The Hall–Kier alpha value is -2.54. The van der Waals surface area contributed by atoms with Gasteiger partial charge in [0.1, 0.15) is 5.70 Å². The van der Waals surface area contributed by atoms with Crippen LogP contribution in [0.3, 0.4) is 0 Å². The molecule has 7 heteroatoms. The zero-order chi connectivity index (χ0) is 16.7. The highest BCUT2D eigenvalue weighted by molar-refractivity contribution is 5.99. The lowest BCUT2D eigenvalue weighted by Crippen LogP contribution is -2.36. The number of para-hydroxylation sites is 2. The SMILES string of the molecule is COC(=O)/C=C(/Nc1ccccc1N1CCOCC1)C(=O)OC. The molecule has 0 spiro atoms. The lowest BCUT2D eigenvalue weighted by Gasteiger charge is -2.30. The van der Waals surface area contributed by atoms with Gasteiger partial charge in [-0.3, -0.25) is 0 Å². The van der Waals surface area contributed by atoms with Crippen LogP contribution in [0.15, 0.2) is 36.0 Å². The molecule has 0 saturated carbocycles. The molecular weight excluding hydrogens is 300 g/mol. The number of rotatable bonds is 5. The molecule has 7 nitrogen and oxygen atoms in total. The van der Waals surface area contributed by atoms with E-state index < -0.39 is 11.9 Å². The molecule has 2 rings (SSSR count). The summed E-state index contributed by atoms with van der Waals surface area (Å²) in [6.45, 7) is 2.81. The molecule has 1 fully saturated rings. The van der Waals surface area contributed by atoms with E-state index in [4.69, 9.17) is 9.47 Å². The maximum Gasteiger partial charge on any atom is 0.354 e. The third kappa shape index (κ3) is 4.46. The standard InChI is InChI=1S/C16H20N2O5/c1-21-15(19)11-13(16(20)22-2)17-12-5-3-4-6-14(12)18-7-9-23-10-8-18/h3-6,11,17H,7-10H2,1-2H3/b13-11+. The zero-order valence-corrected chi connectivity index (χ0v) is 13.2. The van der Waals surface area contributed by atoms with Crippen LogP contribution in [0.25, 0.3) is 0 Å². The topological polar surface area (TPSA) is 77.1 Å². The number of anilines is 2. The van der Waals surface area contributed by atoms with E-state index in [9.17, 15) is 9.59 Å². The van der Waals surface area contributed by atoms with E-state index >= 15 is 0 Å². The van der Waals surface area contributed by atoms with Crippen LogP contribution in [0.2, 0.25) is 0 Å². The molecule has 0 aliphatic carbocycles. The smallest absolute Gasteiger partial charge is 0.354 e. The van der Waals surface area contributed by atoms with E-state index in [1.165, 1.54) is 14.2 Å². The summed E-state index contributed by atoms with van der Waals surface area (Å²) in [4.78, 5) is 25.5. The summed E-state index contributed by atoms with van der Waals surface area (Å²) in [7, 11) is 2.50. The van der Waals surface area contributed by atoms with Crippen LogP contribution >= 0.6 is 0 Å². The van der Waals surface area contributed by atoms with E-state index in [0.717, 1.165) is 24.9 Å². The average molecular weight is 320 g/mol. The number of carbonyl (C=O) groups excluding carboxylic acids is 2. The molecule has 0 unspecified atom stereocenters. The van der Waals surface area contributed by atoms with Gasteiger partial charge in [0.25, 0.3) is 0 Å². The number of benzene rings is 1. The van der Waals surface area contributed by atoms with Crippen molar-refractivity contribution in [2.75, 3.05) is 50.7 Å². The Morgan fingerprint density at radius 1 is 1.17 bits per heavy atom. The predicted molar refractivity (Wildman–Crippen MR) is 85.2 cm³/mol. The average Bonchev–Trinajstić information content (AvgIpc) is 2.61. The fourth-order valence-corrected chi connectivity index (χ4v) is 2.24. The molecule has 1 aliphatic rings. The van der Waals surface area contributed by atoms with Gasteiger partial charge in [-0.05, 0) is 12.1 Å². The van der Waals surface area contributed by atoms with Gasteiger partial charge in [0, 0.05) is 13.1 Å². The molecule has 1 heterocycles. The van der Waals surface area contributed by atoms with Crippen LogP contribution in [-0.4, -0.2) is 52.5 Å².